The number of nitriles is 1. The Balaban J connectivity index is 1.92. The average molecular weight is 518 g/mol. The molecule has 2 unspecified atom stereocenters. The van der Waals surface area contributed by atoms with E-state index in [0.29, 0.717) is 11.1 Å². The number of alkyl carbamates (subject to hydrolysis) is 1. The normalized spacial score (nSPS) is 19.6. The van der Waals surface area contributed by atoms with Gasteiger partial charge in [0.15, 0.2) is 6.10 Å². The minimum atomic E-state index is -3.02. The first kappa shape index (κ1) is 27.6. The molecule has 0 saturated heterocycles. The second kappa shape index (κ2) is 10.6. The van der Waals surface area contributed by atoms with Gasteiger partial charge in [-0.1, -0.05) is 0 Å². The van der Waals surface area contributed by atoms with E-state index in [-0.39, 0.29) is 16.9 Å². The number of aryl methyl sites for hydroxylation is 1. The molecule has 2 atom stereocenters. The highest BCUT2D eigenvalue weighted by atomic mass is 19.3. The summed E-state index contributed by atoms with van der Waals surface area (Å²) in [7, 11) is 0. The molecule has 2 heterocycles. The zero-order valence-electron chi connectivity index (χ0n) is 20.9. The van der Waals surface area contributed by atoms with Crippen LogP contribution >= 0.6 is 0 Å². The SMILES string of the molecule is Cc1cc(C#N)cnc1C(=O)Nc1ccc(F)c(C2(C)COC(C(F)F)C(NC(=O)OC(C)(C)C)=N2)c1. The van der Waals surface area contributed by atoms with Gasteiger partial charge in [-0.2, -0.15) is 5.26 Å². The van der Waals surface area contributed by atoms with Crippen LogP contribution in [-0.4, -0.2) is 47.6 Å². The monoisotopic (exact) mass is 517 g/mol. The summed E-state index contributed by atoms with van der Waals surface area (Å²) in [6, 6.07) is 7.14. The first-order chi connectivity index (χ1) is 17.2. The van der Waals surface area contributed by atoms with Crippen LogP contribution in [0.5, 0.6) is 0 Å². The summed E-state index contributed by atoms with van der Waals surface area (Å²) < 4.78 is 52.5. The maximum Gasteiger partial charge on any atom is 0.413 e. The van der Waals surface area contributed by atoms with E-state index in [1.165, 1.54) is 31.3 Å². The molecule has 2 N–H and O–H groups in total. The molecule has 0 aliphatic carbocycles. The third-order valence-electron chi connectivity index (χ3n) is 5.27. The molecule has 0 fully saturated rings. The number of pyridine rings is 1. The van der Waals surface area contributed by atoms with Crippen LogP contribution in [0.1, 0.15) is 54.9 Å². The number of carbonyl (C=O) groups is 2. The van der Waals surface area contributed by atoms with Gasteiger partial charge in [0, 0.05) is 17.4 Å². The number of nitrogens with zero attached hydrogens (tertiary/aromatic N) is 3. The van der Waals surface area contributed by atoms with Gasteiger partial charge in [0.25, 0.3) is 12.3 Å². The van der Waals surface area contributed by atoms with Gasteiger partial charge in [0.2, 0.25) is 0 Å². The van der Waals surface area contributed by atoms with Crippen molar-refractivity contribution < 1.29 is 32.2 Å². The number of anilines is 1. The molecule has 0 bridgehead atoms. The van der Waals surface area contributed by atoms with Gasteiger partial charge in [0.1, 0.15) is 34.6 Å². The van der Waals surface area contributed by atoms with E-state index in [2.05, 4.69) is 20.6 Å². The average Bonchev–Trinajstić information content (AvgIpc) is 2.78. The lowest BCUT2D eigenvalue weighted by Crippen LogP contribution is -2.51. The van der Waals surface area contributed by atoms with E-state index in [1.54, 1.807) is 27.7 Å². The lowest BCUT2D eigenvalue weighted by Gasteiger charge is -2.35. The van der Waals surface area contributed by atoms with Crippen LogP contribution in [0.3, 0.4) is 0 Å². The molecule has 1 aliphatic rings. The van der Waals surface area contributed by atoms with Crippen molar-refractivity contribution in [2.24, 2.45) is 4.99 Å². The highest BCUT2D eigenvalue weighted by Gasteiger charge is 2.41. The summed E-state index contributed by atoms with van der Waals surface area (Å²) in [6.07, 6.45) is -4.63. The minimum Gasteiger partial charge on any atom is -0.444 e. The summed E-state index contributed by atoms with van der Waals surface area (Å²) in [6.45, 7) is 7.44. The van der Waals surface area contributed by atoms with E-state index in [0.717, 1.165) is 6.07 Å². The van der Waals surface area contributed by atoms with Crippen molar-refractivity contribution in [2.45, 2.75) is 58.3 Å². The Kier molecular flexibility index (Phi) is 7.88. The first-order valence-electron chi connectivity index (χ1n) is 11.2. The number of ether oxygens (including phenoxy) is 2. The fourth-order valence-electron chi connectivity index (χ4n) is 3.61. The fourth-order valence-corrected chi connectivity index (χ4v) is 3.61. The fraction of sp³-hybridized carbons (Fsp3) is 0.400. The van der Waals surface area contributed by atoms with Crippen LogP contribution < -0.4 is 10.6 Å². The van der Waals surface area contributed by atoms with E-state index >= 15 is 0 Å². The summed E-state index contributed by atoms with van der Waals surface area (Å²) in [5, 5.41) is 13.8. The molecule has 2 aromatic rings. The molecule has 9 nitrogen and oxygen atoms in total. The van der Waals surface area contributed by atoms with Crippen molar-refractivity contribution in [1.29, 1.82) is 5.26 Å². The van der Waals surface area contributed by atoms with Crippen LogP contribution in [0.4, 0.5) is 23.7 Å². The van der Waals surface area contributed by atoms with E-state index in [4.69, 9.17) is 14.7 Å². The number of aromatic nitrogens is 1. The van der Waals surface area contributed by atoms with Crippen LogP contribution in [0.25, 0.3) is 0 Å². The molecule has 1 aromatic heterocycles. The predicted octanol–water partition coefficient (Wildman–Crippen LogP) is 4.46. The van der Waals surface area contributed by atoms with Gasteiger partial charge < -0.3 is 14.8 Å². The molecule has 3 rings (SSSR count). The zero-order valence-corrected chi connectivity index (χ0v) is 20.9. The molecule has 0 radical (unpaired) electrons. The van der Waals surface area contributed by atoms with Gasteiger partial charge in [-0.25, -0.2) is 22.9 Å². The van der Waals surface area contributed by atoms with Crippen molar-refractivity contribution in [3.8, 4) is 6.07 Å². The Morgan fingerprint density at radius 1 is 1.27 bits per heavy atom. The number of amides is 2. The van der Waals surface area contributed by atoms with Crippen molar-refractivity contribution in [3.63, 3.8) is 0 Å². The van der Waals surface area contributed by atoms with Crippen LogP contribution in [0, 0.1) is 24.1 Å². The second-order valence-electron chi connectivity index (χ2n) is 9.61. The minimum absolute atomic E-state index is 0.0639. The highest BCUT2D eigenvalue weighted by molar-refractivity contribution is 6.04. The number of rotatable bonds is 4. The van der Waals surface area contributed by atoms with Crippen molar-refractivity contribution in [3.05, 3.63) is 58.7 Å². The topological polar surface area (TPSA) is 126 Å². The lowest BCUT2D eigenvalue weighted by atomic mass is 9.91. The molecular weight excluding hydrogens is 491 g/mol. The molecule has 196 valence electrons. The number of amidine groups is 1. The van der Waals surface area contributed by atoms with Crippen LogP contribution in [-0.2, 0) is 15.0 Å². The summed E-state index contributed by atoms with van der Waals surface area (Å²) in [5.74, 6) is -1.84. The molecule has 0 spiro atoms. The highest BCUT2D eigenvalue weighted by Crippen LogP contribution is 2.34. The van der Waals surface area contributed by atoms with E-state index in [9.17, 15) is 22.8 Å². The van der Waals surface area contributed by atoms with E-state index in [1.807, 2.05) is 6.07 Å². The Bertz CT molecular complexity index is 1290. The molecular formula is C25H26F3N5O4. The number of hydrogen-bond donors (Lipinski definition) is 2. The van der Waals surface area contributed by atoms with Gasteiger partial charge >= 0.3 is 6.09 Å². The summed E-state index contributed by atoms with van der Waals surface area (Å²) in [4.78, 5) is 33.2. The van der Waals surface area contributed by atoms with Gasteiger partial charge in [-0.05, 0) is 64.4 Å². The Hall–Kier alpha value is -3.98. The summed E-state index contributed by atoms with van der Waals surface area (Å²) in [5.41, 5.74) is -1.48. The smallest absolute Gasteiger partial charge is 0.413 e. The van der Waals surface area contributed by atoms with Gasteiger partial charge in [-0.3, -0.25) is 15.1 Å². The lowest BCUT2D eigenvalue weighted by molar-refractivity contribution is -0.0450. The Morgan fingerprint density at radius 3 is 2.57 bits per heavy atom. The number of hydrogen-bond acceptors (Lipinski definition) is 7. The van der Waals surface area contributed by atoms with Crippen LogP contribution in [0.2, 0.25) is 0 Å². The first-order valence-corrected chi connectivity index (χ1v) is 11.2. The van der Waals surface area contributed by atoms with Crippen molar-refractivity contribution in [1.82, 2.24) is 10.3 Å². The zero-order chi connectivity index (χ0) is 27.5. The number of alkyl halides is 2. The molecule has 2 amide bonds. The van der Waals surface area contributed by atoms with Crippen molar-refractivity contribution in [2.75, 3.05) is 11.9 Å². The Labute approximate surface area is 211 Å². The molecule has 1 aromatic carbocycles. The predicted molar refractivity (Wildman–Crippen MR) is 128 cm³/mol. The Morgan fingerprint density at radius 2 is 1.97 bits per heavy atom. The molecule has 12 heteroatoms. The standard InChI is InChI=1S/C25H26F3N5O4/c1-13-8-14(10-29)11-30-18(13)22(34)31-15-6-7-17(26)16(9-15)25(5)12-36-19(20(27)28)21(33-25)32-23(35)37-24(2,3)4/h6-9,11,19-20H,12H2,1-5H3,(H,31,34)(H,32,33,35). The van der Waals surface area contributed by atoms with Gasteiger partial charge in [0.05, 0.1) is 12.2 Å². The van der Waals surface area contributed by atoms with Crippen molar-refractivity contribution >= 4 is 23.5 Å². The third kappa shape index (κ3) is 6.62. The maximum absolute atomic E-state index is 14.9. The summed E-state index contributed by atoms with van der Waals surface area (Å²) >= 11 is 0. The number of nitrogens with one attached hydrogen (secondary N) is 2. The van der Waals surface area contributed by atoms with Crippen LogP contribution in [0.15, 0.2) is 35.5 Å². The maximum atomic E-state index is 14.9. The quantitative estimate of drug-likeness (QED) is 0.617. The molecule has 37 heavy (non-hydrogen) atoms. The molecule has 0 saturated carbocycles. The van der Waals surface area contributed by atoms with Gasteiger partial charge in [-0.15, -0.1) is 0 Å². The number of aliphatic imine (C=N–C) groups is 1. The molecule has 1 aliphatic heterocycles. The number of carbonyl (C=O) groups excluding carboxylic acids is 2. The van der Waals surface area contributed by atoms with E-state index < -0.39 is 53.9 Å². The number of halogens is 3. The third-order valence-corrected chi connectivity index (χ3v) is 5.27. The largest absolute Gasteiger partial charge is 0.444 e. The number of benzene rings is 1. The second-order valence-corrected chi connectivity index (χ2v) is 9.61.